The minimum atomic E-state index is -0.391. The molecule has 0 radical (unpaired) electrons. The molecule has 25 heavy (non-hydrogen) atoms. The molecular weight excluding hydrogens is 312 g/mol. The van der Waals surface area contributed by atoms with Crippen LogP contribution in [0.4, 0.5) is 0 Å². The first-order chi connectivity index (χ1) is 12.2. The zero-order valence-electron chi connectivity index (χ0n) is 14.8. The minimum absolute atomic E-state index is 0.0633. The molecule has 0 spiro atoms. The Morgan fingerprint density at radius 1 is 1.16 bits per heavy atom. The summed E-state index contributed by atoms with van der Waals surface area (Å²) in [6, 6.07) is 14.2. The van der Waals surface area contributed by atoms with E-state index in [1.165, 1.54) is 18.4 Å². The Hall–Kier alpha value is -2.20. The van der Waals surface area contributed by atoms with E-state index in [1.807, 2.05) is 42.2 Å². The molecule has 4 nitrogen and oxygen atoms in total. The van der Waals surface area contributed by atoms with Crippen LogP contribution in [-0.2, 0) is 22.5 Å². The summed E-state index contributed by atoms with van der Waals surface area (Å²) in [4.78, 5) is 18.8. The van der Waals surface area contributed by atoms with E-state index in [9.17, 15) is 4.79 Å². The molecule has 1 amide bonds. The fourth-order valence-corrected chi connectivity index (χ4v) is 2.78. The topological polar surface area (TPSA) is 42.4 Å². The molecule has 1 aromatic heterocycles. The molecule has 1 saturated carbocycles. The Labute approximate surface area is 149 Å². The highest BCUT2D eigenvalue weighted by atomic mass is 16.5. The summed E-state index contributed by atoms with van der Waals surface area (Å²) in [7, 11) is 0. The molecule has 2 aromatic rings. The Balaban J connectivity index is 1.62. The monoisotopic (exact) mass is 338 g/mol. The number of nitrogens with zero attached hydrogens (tertiary/aromatic N) is 2. The number of hydrogen-bond acceptors (Lipinski definition) is 3. The summed E-state index contributed by atoms with van der Waals surface area (Å²) in [6.45, 7) is 3.84. The Bertz CT molecular complexity index is 656. The van der Waals surface area contributed by atoms with Gasteiger partial charge in [-0.2, -0.15) is 0 Å². The number of rotatable bonds is 9. The maximum Gasteiger partial charge on any atom is 0.251 e. The predicted octanol–water partition coefficient (Wildman–Crippen LogP) is 3.47. The van der Waals surface area contributed by atoms with E-state index < -0.39 is 6.10 Å². The molecule has 0 unspecified atom stereocenters. The van der Waals surface area contributed by atoms with Crippen LogP contribution in [0.1, 0.15) is 30.9 Å². The smallest absolute Gasteiger partial charge is 0.251 e. The number of carbonyl (C=O) groups is 1. The number of benzene rings is 1. The van der Waals surface area contributed by atoms with Crippen LogP contribution in [-0.4, -0.2) is 35.0 Å². The summed E-state index contributed by atoms with van der Waals surface area (Å²) in [5.74, 6) is 0.724. The average Bonchev–Trinajstić information content (AvgIpc) is 3.49. The van der Waals surface area contributed by atoms with Crippen LogP contribution in [0.15, 0.2) is 54.9 Å². The van der Waals surface area contributed by atoms with Crippen molar-refractivity contribution in [3.05, 3.63) is 66.0 Å². The first-order valence-corrected chi connectivity index (χ1v) is 9.05. The number of hydrogen-bond donors (Lipinski definition) is 0. The third kappa shape index (κ3) is 5.68. The van der Waals surface area contributed by atoms with Crippen LogP contribution < -0.4 is 0 Å². The van der Waals surface area contributed by atoms with Gasteiger partial charge >= 0.3 is 0 Å². The Morgan fingerprint density at radius 2 is 1.88 bits per heavy atom. The van der Waals surface area contributed by atoms with Crippen LogP contribution in [0.2, 0.25) is 0 Å². The third-order valence-corrected chi connectivity index (χ3v) is 4.57. The van der Waals surface area contributed by atoms with Gasteiger partial charge in [0.05, 0.1) is 6.61 Å². The summed E-state index contributed by atoms with van der Waals surface area (Å²) >= 11 is 0. The summed E-state index contributed by atoms with van der Waals surface area (Å²) in [5, 5.41) is 0. The summed E-state index contributed by atoms with van der Waals surface area (Å²) < 4.78 is 5.79. The van der Waals surface area contributed by atoms with E-state index in [2.05, 4.69) is 17.1 Å². The van der Waals surface area contributed by atoms with E-state index in [4.69, 9.17) is 4.74 Å². The van der Waals surface area contributed by atoms with Crippen molar-refractivity contribution in [1.82, 2.24) is 9.88 Å². The van der Waals surface area contributed by atoms with Gasteiger partial charge in [-0.25, -0.2) is 0 Å². The second-order valence-electron chi connectivity index (χ2n) is 6.77. The molecule has 0 N–H and O–H groups in total. The van der Waals surface area contributed by atoms with Crippen molar-refractivity contribution >= 4 is 5.91 Å². The maximum atomic E-state index is 12.9. The van der Waals surface area contributed by atoms with Crippen molar-refractivity contribution in [3.63, 3.8) is 0 Å². The second-order valence-corrected chi connectivity index (χ2v) is 6.77. The molecule has 0 bridgehead atoms. The quantitative estimate of drug-likeness (QED) is 0.703. The van der Waals surface area contributed by atoms with Gasteiger partial charge in [0.1, 0.15) is 6.10 Å². The second kappa shape index (κ2) is 8.77. The minimum Gasteiger partial charge on any atom is -0.368 e. The first-order valence-electron chi connectivity index (χ1n) is 9.05. The molecule has 1 heterocycles. The van der Waals surface area contributed by atoms with E-state index in [-0.39, 0.29) is 5.91 Å². The number of carbonyl (C=O) groups excluding carboxylic acids is 1. The fraction of sp³-hybridized carbons (Fsp3) is 0.429. The van der Waals surface area contributed by atoms with E-state index in [0.29, 0.717) is 25.6 Å². The van der Waals surface area contributed by atoms with Crippen molar-refractivity contribution in [1.29, 1.82) is 0 Å². The van der Waals surface area contributed by atoms with Gasteiger partial charge in [-0.05, 0) is 55.4 Å². The van der Waals surface area contributed by atoms with Gasteiger partial charge in [-0.15, -0.1) is 0 Å². The van der Waals surface area contributed by atoms with Gasteiger partial charge < -0.3 is 9.64 Å². The normalized spacial score (nSPS) is 14.9. The van der Waals surface area contributed by atoms with E-state index in [1.54, 1.807) is 12.4 Å². The molecule has 4 heteroatoms. The largest absolute Gasteiger partial charge is 0.368 e. The van der Waals surface area contributed by atoms with Gasteiger partial charge in [-0.3, -0.25) is 9.78 Å². The molecule has 3 rings (SSSR count). The zero-order chi connectivity index (χ0) is 17.5. The molecule has 1 aliphatic carbocycles. The van der Waals surface area contributed by atoms with Crippen LogP contribution >= 0.6 is 0 Å². The standard InChI is InChI=1S/C21H26N2O2/c1-17(25-16-20-7-8-20)21(24)23(15-19-9-12-22-13-10-19)14-11-18-5-3-2-4-6-18/h2-6,9-10,12-13,17,20H,7-8,11,14-16H2,1H3/t17-/m1/s1. The summed E-state index contributed by atoms with van der Waals surface area (Å²) in [6.07, 6.45) is 6.45. The van der Waals surface area contributed by atoms with Gasteiger partial charge in [0, 0.05) is 25.5 Å². The highest BCUT2D eigenvalue weighted by molar-refractivity contribution is 5.80. The highest BCUT2D eigenvalue weighted by Gasteiger charge is 2.26. The van der Waals surface area contributed by atoms with Gasteiger partial charge in [-0.1, -0.05) is 30.3 Å². The van der Waals surface area contributed by atoms with E-state index >= 15 is 0 Å². The van der Waals surface area contributed by atoms with Crippen molar-refractivity contribution in [2.24, 2.45) is 5.92 Å². The molecule has 0 aliphatic heterocycles. The van der Waals surface area contributed by atoms with Crippen molar-refractivity contribution in [2.45, 2.75) is 38.8 Å². The van der Waals surface area contributed by atoms with Crippen molar-refractivity contribution in [3.8, 4) is 0 Å². The molecule has 1 aromatic carbocycles. The highest BCUT2D eigenvalue weighted by Crippen LogP contribution is 2.29. The fourth-order valence-electron chi connectivity index (χ4n) is 2.78. The Morgan fingerprint density at radius 3 is 2.56 bits per heavy atom. The van der Waals surface area contributed by atoms with Gasteiger partial charge in [0.2, 0.25) is 0 Å². The van der Waals surface area contributed by atoms with Crippen LogP contribution in [0.5, 0.6) is 0 Å². The molecule has 1 aliphatic rings. The van der Waals surface area contributed by atoms with Crippen molar-refractivity contribution in [2.75, 3.05) is 13.2 Å². The van der Waals surface area contributed by atoms with Gasteiger partial charge in [0.15, 0.2) is 0 Å². The van der Waals surface area contributed by atoms with Crippen molar-refractivity contribution < 1.29 is 9.53 Å². The number of aromatic nitrogens is 1. The summed E-state index contributed by atoms with van der Waals surface area (Å²) in [5.41, 5.74) is 2.33. The third-order valence-electron chi connectivity index (χ3n) is 4.57. The van der Waals surface area contributed by atoms with Crippen LogP contribution in [0.25, 0.3) is 0 Å². The zero-order valence-corrected chi connectivity index (χ0v) is 14.8. The predicted molar refractivity (Wildman–Crippen MR) is 97.9 cm³/mol. The lowest BCUT2D eigenvalue weighted by Crippen LogP contribution is -2.40. The lowest BCUT2D eigenvalue weighted by Gasteiger charge is -2.26. The lowest BCUT2D eigenvalue weighted by molar-refractivity contribution is -0.143. The molecular formula is C21H26N2O2. The molecule has 1 fully saturated rings. The van der Waals surface area contributed by atoms with E-state index in [0.717, 1.165) is 12.0 Å². The SMILES string of the molecule is C[C@@H](OCC1CC1)C(=O)N(CCc1ccccc1)Cc1ccncc1. The number of amides is 1. The van der Waals surface area contributed by atoms with Gasteiger partial charge in [0.25, 0.3) is 5.91 Å². The maximum absolute atomic E-state index is 12.9. The Kier molecular flexibility index (Phi) is 6.18. The average molecular weight is 338 g/mol. The number of ether oxygens (including phenoxy) is 1. The van der Waals surface area contributed by atoms with Crippen LogP contribution in [0, 0.1) is 5.92 Å². The molecule has 132 valence electrons. The molecule has 0 saturated heterocycles. The number of pyridine rings is 1. The molecule has 1 atom stereocenters. The van der Waals surface area contributed by atoms with Crippen LogP contribution in [0.3, 0.4) is 0 Å². The first kappa shape index (κ1) is 17.6. The lowest BCUT2D eigenvalue weighted by atomic mass is 10.1.